The summed E-state index contributed by atoms with van der Waals surface area (Å²) < 4.78 is 10.6. The highest BCUT2D eigenvalue weighted by Crippen LogP contribution is 2.11. The molecule has 5 heteroatoms. The number of hydrogen-bond donors (Lipinski definition) is 2. The summed E-state index contributed by atoms with van der Waals surface area (Å²) in [5, 5.41) is 2.77. The van der Waals surface area contributed by atoms with Crippen molar-refractivity contribution < 1.29 is 14.3 Å². The number of aryl methyl sites for hydroxylation is 1. The fraction of sp³-hybridized carbons (Fsp3) is 0.500. The maximum Gasteiger partial charge on any atom is 0.222 e. The van der Waals surface area contributed by atoms with Crippen LogP contribution in [0.15, 0.2) is 24.3 Å². The molecule has 1 unspecified atom stereocenters. The van der Waals surface area contributed by atoms with Crippen molar-refractivity contribution in [1.29, 1.82) is 0 Å². The Bertz CT molecular complexity index is 392. The molecule has 1 rings (SSSR count). The van der Waals surface area contributed by atoms with Crippen LogP contribution in [0.4, 0.5) is 0 Å². The maximum atomic E-state index is 11.5. The van der Waals surface area contributed by atoms with E-state index in [4.69, 9.17) is 15.2 Å². The summed E-state index contributed by atoms with van der Waals surface area (Å²) >= 11 is 0. The summed E-state index contributed by atoms with van der Waals surface area (Å²) in [5.41, 5.74) is 6.59. The van der Waals surface area contributed by atoms with Crippen LogP contribution >= 0.6 is 0 Å². The largest absolute Gasteiger partial charge is 0.492 e. The molecule has 0 aromatic heterocycles. The summed E-state index contributed by atoms with van der Waals surface area (Å²) in [6.07, 6.45) is 0.0509. The molecule has 1 aromatic carbocycles. The first kappa shape index (κ1) is 15.5. The van der Waals surface area contributed by atoms with Crippen LogP contribution < -0.4 is 15.8 Å². The van der Waals surface area contributed by atoms with Gasteiger partial charge in [-0.05, 0) is 24.6 Å². The van der Waals surface area contributed by atoms with Gasteiger partial charge < -0.3 is 20.5 Å². The molecular weight excluding hydrogens is 244 g/mol. The summed E-state index contributed by atoms with van der Waals surface area (Å²) in [5.74, 6) is 0.733. The third kappa shape index (κ3) is 6.22. The SMILES string of the molecule is COC(CN)CC(=O)NCCOc1cccc(C)c1. The molecule has 0 aliphatic rings. The zero-order valence-corrected chi connectivity index (χ0v) is 11.5. The molecule has 19 heavy (non-hydrogen) atoms. The second-order valence-electron chi connectivity index (χ2n) is 4.31. The molecule has 3 N–H and O–H groups in total. The number of nitrogens with one attached hydrogen (secondary N) is 1. The van der Waals surface area contributed by atoms with Gasteiger partial charge >= 0.3 is 0 Å². The molecule has 0 fully saturated rings. The van der Waals surface area contributed by atoms with Crippen LogP contribution in [0.25, 0.3) is 0 Å². The first-order valence-corrected chi connectivity index (χ1v) is 6.34. The molecule has 0 radical (unpaired) electrons. The van der Waals surface area contributed by atoms with E-state index in [1.54, 1.807) is 7.11 Å². The average molecular weight is 266 g/mol. The van der Waals surface area contributed by atoms with Crippen molar-refractivity contribution in [2.24, 2.45) is 5.73 Å². The topological polar surface area (TPSA) is 73.6 Å². The molecule has 106 valence electrons. The Morgan fingerprint density at radius 3 is 2.89 bits per heavy atom. The summed E-state index contributed by atoms with van der Waals surface area (Å²) in [6, 6.07) is 7.79. The summed E-state index contributed by atoms with van der Waals surface area (Å²) in [6.45, 7) is 3.25. The van der Waals surface area contributed by atoms with E-state index in [0.29, 0.717) is 19.7 Å². The van der Waals surface area contributed by atoms with E-state index in [1.165, 1.54) is 0 Å². The Balaban J connectivity index is 2.18. The van der Waals surface area contributed by atoms with Gasteiger partial charge in [0, 0.05) is 13.7 Å². The third-order valence-corrected chi connectivity index (χ3v) is 2.69. The minimum Gasteiger partial charge on any atom is -0.492 e. The van der Waals surface area contributed by atoms with Crippen molar-refractivity contribution in [1.82, 2.24) is 5.32 Å². The van der Waals surface area contributed by atoms with Gasteiger partial charge in [0.1, 0.15) is 12.4 Å². The number of benzene rings is 1. The van der Waals surface area contributed by atoms with Gasteiger partial charge in [-0.1, -0.05) is 12.1 Å². The lowest BCUT2D eigenvalue weighted by molar-refractivity contribution is -0.123. The second-order valence-corrected chi connectivity index (χ2v) is 4.31. The number of amides is 1. The van der Waals surface area contributed by atoms with Crippen LogP contribution in [-0.2, 0) is 9.53 Å². The van der Waals surface area contributed by atoms with Crippen molar-refractivity contribution in [2.45, 2.75) is 19.4 Å². The Morgan fingerprint density at radius 1 is 1.47 bits per heavy atom. The smallest absolute Gasteiger partial charge is 0.222 e. The van der Waals surface area contributed by atoms with E-state index < -0.39 is 0 Å². The third-order valence-electron chi connectivity index (χ3n) is 2.69. The number of carbonyl (C=O) groups is 1. The van der Waals surface area contributed by atoms with Gasteiger partial charge in [0.25, 0.3) is 0 Å². The molecule has 5 nitrogen and oxygen atoms in total. The molecule has 1 amide bonds. The van der Waals surface area contributed by atoms with Crippen LogP contribution in [0.5, 0.6) is 5.75 Å². The number of carbonyl (C=O) groups excluding carboxylic acids is 1. The normalized spacial score (nSPS) is 11.9. The van der Waals surface area contributed by atoms with Gasteiger partial charge in [-0.2, -0.15) is 0 Å². The fourth-order valence-electron chi connectivity index (χ4n) is 1.61. The van der Waals surface area contributed by atoms with Crippen molar-refractivity contribution >= 4 is 5.91 Å². The number of rotatable bonds is 8. The monoisotopic (exact) mass is 266 g/mol. The molecule has 0 saturated heterocycles. The standard InChI is InChI=1S/C14H22N2O3/c1-11-4-3-5-12(8-11)19-7-6-16-14(17)9-13(10-15)18-2/h3-5,8,13H,6-7,9-10,15H2,1-2H3,(H,16,17). The lowest BCUT2D eigenvalue weighted by Gasteiger charge is -2.13. The number of methoxy groups -OCH3 is 1. The van der Waals surface area contributed by atoms with Crippen molar-refractivity contribution in [3.05, 3.63) is 29.8 Å². The maximum absolute atomic E-state index is 11.5. The highest BCUT2D eigenvalue weighted by Gasteiger charge is 2.10. The van der Waals surface area contributed by atoms with Crippen molar-refractivity contribution in [3.8, 4) is 5.75 Å². The molecule has 0 aliphatic heterocycles. The predicted molar refractivity (Wildman–Crippen MR) is 74.2 cm³/mol. The lowest BCUT2D eigenvalue weighted by Crippen LogP contribution is -2.34. The van der Waals surface area contributed by atoms with Gasteiger partial charge in [-0.25, -0.2) is 0 Å². The first-order valence-electron chi connectivity index (χ1n) is 6.34. The Kier molecular flexibility index (Phi) is 6.92. The van der Waals surface area contributed by atoms with Gasteiger partial charge in [0.05, 0.1) is 19.1 Å². The van der Waals surface area contributed by atoms with E-state index in [9.17, 15) is 4.79 Å². The first-order chi connectivity index (χ1) is 9.15. The molecule has 0 heterocycles. The fourth-order valence-corrected chi connectivity index (χ4v) is 1.61. The van der Waals surface area contributed by atoms with Crippen LogP contribution in [0, 0.1) is 6.92 Å². The zero-order chi connectivity index (χ0) is 14.1. The van der Waals surface area contributed by atoms with Crippen LogP contribution in [-0.4, -0.2) is 38.8 Å². The lowest BCUT2D eigenvalue weighted by atomic mass is 10.2. The van der Waals surface area contributed by atoms with Crippen molar-refractivity contribution in [3.63, 3.8) is 0 Å². The molecule has 1 aromatic rings. The van der Waals surface area contributed by atoms with Gasteiger partial charge in [0.2, 0.25) is 5.91 Å². The predicted octanol–water partition coefficient (Wildman–Crippen LogP) is 0.854. The number of nitrogens with two attached hydrogens (primary N) is 1. The average Bonchev–Trinajstić information content (AvgIpc) is 2.41. The Morgan fingerprint density at radius 2 is 2.26 bits per heavy atom. The van der Waals surface area contributed by atoms with Crippen LogP contribution in [0.3, 0.4) is 0 Å². The molecule has 0 aliphatic carbocycles. The van der Waals surface area contributed by atoms with Gasteiger partial charge in [-0.15, -0.1) is 0 Å². The van der Waals surface area contributed by atoms with E-state index in [2.05, 4.69) is 5.32 Å². The van der Waals surface area contributed by atoms with Crippen molar-refractivity contribution in [2.75, 3.05) is 26.8 Å². The minimum absolute atomic E-state index is 0.0786. The number of ether oxygens (including phenoxy) is 2. The van der Waals surface area contributed by atoms with E-state index in [0.717, 1.165) is 11.3 Å². The summed E-state index contributed by atoms with van der Waals surface area (Å²) in [7, 11) is 1.55. The Labute approximate surface area is 114 Å². The molecule has 0 spiro atoms. The Hall–Kier alpha value is -1.59. The minimum atomic E-state index is -0.224. The molecule has 1 atom stereocenters. The highest BCUT2D eigenvalue weighted by atomic mass is 16.5. The van der Waals surface area contributed by atoms with Crippen LogP contribution in [0.1, 0.15) is 12.0 Å². The number of hydrogen-bond acceptors (Lipinski definition) is 4. The molecule has 0 saturated carbocycles. The van der Waals surface area contributed by atoms with E-state index >= 15 is 0 Å². The highest BCUT2D eigenvalue weighted by molar-refractivity contribution is 5.76. The van der Waals surface area contributed by atoms with Gasteiger partial charge in [-0.3, -0.25) is 4.79 Å². The summed E-state index contributed by atoms with van der Waals surface area (Å²) in [4.78, 5) is 11.5. The quantitative estimate of drug-likeness (QED) is 0.684. The second kappa shape index (κ2) is 8.50. The molecular formula is C14H22N2O3. The van der Waals surface area contributed by atoms with Crippen LogP contribution in [0.2, 0.25) is 0 Å². The van der Waals surface area contributed by atoms with Gasteiger partial charge in [0.15, 0.2) is 0 Å². The zero-order valence-electron chi connectivity index (χ0n) is 11.5. The van der Waals surface area contributed by atoms with E-state index in [1.807, 2.05) is 31.2 Å². The molecule has 0 bridgehead atoms. The van der Waals surface area contributed by atoms with E-state index in [-0.39, 0.29) is 18.4 Å².